The summed E-state index contributed by atoms with van der Waals surface area (Å²) in [7, 11) is 1.21. The van der Waals surface area contributed by atoms with Gasteiger partial charge in [0.2, 0.25) is 5.91 Å². The van der Waals surface area contributed by atoms with Crippen molar-refractivity contribution in [1.29, 1.82) is 0 Å². The highest BCUT2D eigenvalue weighted by atomic mass is 31.2. The minimum Gasteiger partial charge on any atom is -0.756 e. The molecule has 0 fully saturated rings. The number of phosphoric ester groups is 1. The Morgan fingerprint density at radius 3 is 1.14 bits per heavy atom. The van der Waals surface area contributed by atoms with E-state index in [0.717, 1.165) is 57.8 Å². The van der Waals surface area contributed by atoms with Gasteiger partial charge in [-0.15, -0.1) is 0 Å². The highest BCUT2D eigenvalue weighted by molar-refractivity contribution is 7.45. The Bertz CT molecular complexity index is 1240. The number of likely N-dealkylation sites (N-methyl/N-ethyl adjacent to an activating group) is 1. The maximum atomic E-state index is 13.5. The van der Waals surface area contributed by atoms with E-state index in [4.69, 9.17) is 13.8 Å². The number of quaternary nitrogens is 1. The van der Waals surface area contributed by atoms with Crippen LogP contribution >= 0.6 is 7.82 Å². The fourth-order valence-electron chi connectivity index (χ4n) is 9.58. The maximum Gasteiger partial charge on any atom is 0.306 e. The largest absolute Gasteiger partial charge is 0.756 e. The Morgan fingerprint density at radius 1 is 0.472 bits per heavy atom. The van der Waals surface area contributed by atoms with E-state index in [1.165, 1.54) is 231 Å². The number of amides is 1. The monoisotopic (exact) mass is 1040 g/mol. The van der Waals surface area contributed by atoms with Gasteiger partial charge in [0, 0.05) is 12.8 Å². The first-order valence-electron chi connectivity index (χ1n) is 31.5. The van der Waals surface area contributed by atoms with Crippen LogP contribution in [-0.2, 0) is 27.9 Å². The summed E-state index contributed by atoms with van der Waals surface area (Å²) in [5.74, 6) is -0.520. The van der Waals surface area contributed by atoms with Crippen LogP contribution in [-0.4, -0.2) is 69.4 Å². The summed E-state index contributed by atoms with van der Waals surface area (Å²) in [5, 5.41) is 3.03. The van der Waals surface area contributed by atoms with Gasteiger partial charge in [0.25, 0.3) is 7.82 Å². The third kappa shape index (κ3) is 53.6. The van der Waals surface area contributed by atoms with Gasteiger partial charge in [-0.1, -0.05) is 290 Å². The van der Waals surface area contributed by atoms with Gasteiger partial charge in [-0.05, 0) is 31.8 Å². The molecule has 0 aliphatic rings. The average molecular weight is 1040 g/mol. The summed E-state index contributed by atoms with van der Waals surface area (Å²) in [5.41, 5.74) is 0. The Morgan fingerprint density at radius 2 is 0.792 bits per heavy atom. The standard InChI is InChI=1S/C62H123N2O7P/c1-7-10-13-16-19-22-25-27-29-30-31-32-33-34-35-37-40-43-46-49-52-55-62(66)71-60(53-50-47-44-41-38-24-21-18-15-12-9-3)59(58-70-72(67,68)69-57-56-64(4,5)6)63-61(65)54-51-48-45-42-39-36-28-26-23-20-17-14-11-8-2/h50,53,59-60H,7-49,51-52,54-58H2,1-6H3,(H-,63,65,67,68)/b53-50-. The second-order valence-corrected chi connectivity index (χ2v) is 24.3. The first-order valence-corrected chi connectivity index (χ1v) is 33.0. The molecule has 0 bridgehead atoms. The molecule has 9 nitrogen and oxygen atoms in total. The fraction of sp³-hybridized carbons (Fsp3) is 0.935. The summed E-state index contributed by atoms with van der Waals surface area (Å²) >= 11 is 0. The van der Waals surface area contributed by atoms with E-state index in [0.29, 0.717) is 17.4 Å². The number of carbonyl (C=O) groups is 2. The zero-order valence-corrected chi connectivity index (χ0v) is 49.8. The highest BCUT2D eigenvalue weighted by Gasteiger charge is 2.27. The molecule has 0 aromatic carbocycles. The Kier molecular flexibility index (Phi) is 52.2. The molecule has 72 heavy (non-hydrogen) atoms. The summed E-state index contributed by atoms with van der Waals surface area (Å²) in [6.45, 7) is 6.89. The van der Waals surface area contributed by atoms with Crippen molar-refractivity contribution in [2.75, 3.05) is 40.9 Å². The van der Waals surface area contributed by atoms with Crippen LogP contribution in [0.2, 0.25) is 0 Å². The maximum absolute atomic E-state index is 13.5. The smallest absolute Gasteiger partial charge is 0.306 e. The molecule has 1 amide bonds. The average Bonchev–Trinajstić information content (AvgIpc) is 3.34. The molecule has 3 atom stereocenters. The number of nitrogens with zero attached hydrogens (tertiary/aromatic N) is 1. The molecule has 0 radical (unpaired) electrons. The second kappa shape index (κ2) is 53.2. The fourth-order valence-corrected chi connectivity index (χ4v) is 10.3. The number of carbonyl (C=O) groups excluding carboxylic acids is 2. The van der Waals surface area contributed by atoms with Crippen molar-refractivity contribution in [3.8, 4) is 0 Å². The van der Waals surface area contributed by atoms with Crippen molar-refractivity contribution >= 4 is 19.7 Å². The molecule has 0 saturated carbocycles. The Labute approximate surface area is 448 Å². The van der Waals surface area contributed by atoms with Crippen LogP contribution in [0.1, 0.15) is 323 Å². The van der Waals surface area contributed by atoms with E-state index in [1.807, 2.05) is 33.3 Å². The van der Waals surface area contributed by atoms with Gasteiger partial charge in [-0.25, -0.2) is 0 Å². The van der Waals surface area contributed by atoms with Crippen molar-refractivity contribution in [3.63, 3.8) is 0 Å². The van der Waals surface area contributed by atoms with Crippen LogP contribution in [0, 0.1) is 0 Å². The van der Waals surface area contributed by atoms with Crippen LogP contribution in [0.5, 0.6) is 0 Å². The molecule has 0 heterocycles. The SMILES string of the molecule is CCCCCCCCCCC/C=C\C(OC(=O)CCCCCCCCCCCCCCCCCCCCCCC)C(COP(=O)([O-])OCC[N+](C)(C)C)NC(=O)CCCCCCCCCCCCCCCC. The summed E-state index contributed by atoms with van der Waals surface area (Å²) in [4.78, 5) is 39.9. The first kappa shape index (κ1) is 70.8. The third-order valence-electron chi connectivity index (χ3n) is 14.5. The molecule has 3 unspecified atom stereocenters. The zero-order chi connectivity index (χ0) is 52.9. The Balaban J connectivity index is 5.11. The molecular weight excluding hydrogens is 916 g/mol. The van der Waals surface area contributed by atoms with Crippen LogP contribution in [0.15, 0.2) is 12.2 Å². The number of unbranched alkanes of at least 4 members (excludes halogenated alkanes) is 42. The van der Waals surface area contributed by atoms with E-state index >= 15 is 0 Å². The molecule has 10 heteroatoms. The lowest BCUT2D eigenvalue weighted by atomic mass is 10.0. The molecule has 428 valence electrons. The summed E-state index contributed by atoms with van der Waals surface area (Å²) in [6, 6.07) is -0.878. The first-order chi connectivity index (χ1) is 34.9. The summed E-state index contributed by atoms with van der Waals surface area (Å²) < 4.78 is 30.3. The third-order valence-corrected chi connectivity index (χ3v) is 15.4. The van der Waals surface area contributed by atoms with Crippen LogP contribution < -0.4 is 10.2 Å². The van der Waals surface area contributed by atoms with Crippen molar-refractivity contribution in [3.05, 3.63) is 12.2 Å². The number of nitrogens with one attached hydrogen (secondary N) is 1. The number of rotatable bonds is 58. The van der Waals surface area contributed by atoms with E-state index in [9.17, 15) is 19.0 Å². The van der Waals surface area contributed by atoms with Gasteiger partial charge in [0.05, 0.1) is 33.8 Å². The molecule has 0 aliphatic heterocycles. The number of phosphoric acid groups is 1. The number of esters is 1. The van der Waals surface area contributed by atoms with Crippen molar-refractivity contribution < 1.29 is 37.3 Å². The van der Waals surface area contributed by atoms with E-state index in [1.54, 1.807) is 0 Å². The van der Waals surface area contributed by atoms with Gasteiger partial charge in [-0.3, -0.25) is 14.2 Å². The van der Waals surface area contributed by atoms with Gasteiger partial charge in [-0.2, -0.15) is 0 Å². The number of allylic oxidation sites excluding steroid dienone is 1. The number of hydrogen-bond donors (Lipinski definition) is 1. The predicted octanol–water partition coefficient (Wildman–Crippen LogP) is 18.5. The molecular formula is C62H123N2O7P. The molecule has 0 rings (SSSR count). The molecule has 0 saturated heterocycles. The molecule has 0 aromatic rings. The van der Waals surface area contributed by atoms with Gasteiger partial charge >= 0.3 is 5.97 Å². The van der Waals surface area contributed by atoms with Gasteiger partial charge < -0.3 is 28.5 Å². The van der Waals surface area contributed by atoms with E-state index in [2.05, 4.69) is 26.1 Å². The van der Waals surface area contributed by atoms with Gasteiger partial charge in [0.1, 0.15) is 19.3 Å². The van der Waals surface area contributed by atoms with Crippen molar-refractivity contribution in [2.24, 2.45) is 0 Å². The number of ether oxygens (including phenoxy) is 1. The topological polar surface area (TPSA) is 114 Å². The lowest BCUT2D eigenvalue weighted by Crippen LogP contribution is -2.47. The van der Waals surface area contributed by atoms with Crippen molar-refractivity contribution in [2.45, 2.75) is 335 Å². The zero-order valence-electron chi connectivity index (χ0n) is 48.9. The van der Waals surface area contributed by atoms with E-state index < -0.39 is 20.0 Å². The minimum atomic E-state index is -4.69. The predicted molar refractivity (Wildman–Crippen MR) is 307 cm³/mol. The number of hydrogen-bond acceptors (Lipinski definition) is 7. The quantitative estimate of drug-likeness (QED) is 0.0212. The van der Waals surface area contributed by atoms with Crippen LogP contribution in [0.25, 0.3) is 0 Å². The van der Waals surface area contributed by atoms with Gasteiger partial charge in [0.15, 0.2) is 0 Å². The second-order valence-electron chi connectivity index (χ2n) is 22.9. The molecule has 0 aromatic heterocycles. The van der Waals surface area contributed by atoms with Crippen LogP contribution in [0.3, 0.4) is 0 Å². The molecule has 0 spiro atoms. The lowest BCUT2D eigenvalue weighted by molar-refractivity contribution is -0.870. The molecule has 1 N–H and O–H groups in total. The van der Waals surface area contributed by atoms with Crippen molar-refractivity contribution in [1.82, 2.24) is 5.32 Å². The molecule has 0 aliphatic carbocycles. The highest BCUT2D eigenvalue weighted by Crippen LogP contribution is 2.38. The van der Waals surface area contributed by atoms with E-state index in [-0.39, 0.29) is 31.5 Å². The Hall–Kier alpha value is -1.25. The normalized spacial score (nSPS) is 13.7. The summed E-state index contributed by atoms with van der Waals surface area (Å²) in [6.07, 6.45) is 60.4. The minimum absolute atomic E-state index is 0.0169. The van der Waals surface area contributed by atoms with Crippen LogP contribution in [0.4, 0.5) is 0 Å². The lowest BCUT2D eigenvalue weighted by Gasteiger charge is -2.30.